The van der Waals surface area contributed by atoms with E-state index in [1.54, 1.807) is 12.1 Å². The molecule has 26 heavy (non-hydrogen) atoms. The number of fused-ring (bicyclic) bond motifs is 1. The molecule has 8 heteroatoms. The molecule has 0 aliphatic carbocycles. The van der Waals surface area contributed by atoms with E-state index < -0.39 is 0 Å². The lowest BCUT2D eigenvalue weighted by molar-refractivity contribution is 0.467. The number of H-pyrrole nitrogens is 2. The summed E-state index contributed by atoms with van der Waals surface area (Å²) in [5.74, 6) is 0.630. The van der Waals surface area contributed by atoms with Crippen LogP contribution < -0.4 is 5.56 Å². The van der Waals surface area contributed by atoms with Crippen LogP contribution in [0.3, 0.4) is 0 Å². The zero-order chi connectivity index (χ0) is 18.4. The molecule has 0 radical (unpaired) electrons. The fourth-order valence-corrected chi connectivity index (χ4v) is 2.99. The van der Waals surface area contributed by atoms with Crippen molar-refractivity contribution in [1.82, 2.24) is 25.1 Å². The van der Waals surface area contributed by atoms with Crippen LogP contribution >= 0.6 is 11.6 Å². The fourth-order valence-electron chi connectivity index (χ4n) is 2.84. The number of rotatable bonds is 2. The molecular weight excluding hydrogens is 354 g/mol. The second-order valence-corrected chi connectivity index (χ2v) is 6.50. The second-order valence-electron chi connectivity index (χ2n) is 6.06. The summed E-state index contributed by atoms with van der Waals surface area (Å²) in [6.07, 6.45) is 1.50. The Kier molecular flexibility index (Phi) is 3.73. The van der Waals surface area contributed by atoms with Crippen LogP contribution in [0, 0.1) is 13.8 Å². The topological polar surface area (TPSA) is 108 Å². The van der Waals surface area contributed by atoms with Gasteiger partial charge in [0, 0.05) is 11.8 Å². The van der Waals surface area contributed by atoms with Crippen molar-refractivity contribution in [3.05, 3.63) is 57.0 Å². The molecule has 3 aromatic heterocycles. The van der Waals surface area contributed by atoms with Gasteiger partial charge in [-0.05, 0) is 49.2 Å². The predicted octanol–water partition coefficient (Wildman–Crippen LogP) is 3.35. The van der Waals surface area contributed by atoms with Gasteiger partial charge in [-0.25, -0.2) is 15.1 Å². The van der Waals surface area contributed by atoms with Gasteiger partial charge in [0.15, 0.2) is 5.65 Å². The molecule has 0 aliphatic rings. The minimum absolute atomic E-state index is 0.249. The van der Waals surface area contributed by atoms with Crippen molar-refractivity contribution >= 4 is 22.8 Å². The molecule has 7 nitrogen and oxygen atoms in total. The molecule has 4 aromatic rings. The maximum Gasteiger partial charge on any atom is 0.275 e. The summed E-state index contributed by atoms with van der Waals surface area (Å²) >= 11 is 5.94. The van der Waals surface area contributed by atoms with E-state index in [9.17, 15) is 9.90 Å². The lowest BCUT2D eigenvalue weighted by Gasteiger charge is -2.08. The van der Waals surface area contributed by atoms with E-state index in [0.29, 0.717) is 33.3 Å². The van der Waals surface area contributed by atoms with Crippen molar-refractivity contribution in [3.63, 3.8) is 0 Å². The van der Waals surface area contributed by atoms with Crippen LogP contribution in [-0.4, -0.2) is 30.3 Å². The van der Waals surface area contributed by atoms with Crippen molar-refractivity contribution in [2.24, 2.45) is 0 Å². The number of benzene rings is 1. The number of nitrogens with one attached hydrogen (secondary N) is 2. The third kappa shape index (κ3) is 2.72. The van der Waals surface area contributed by atoms with Gasteiger partial charge in [0.05, 0.1) is 21.8 Å². The summed E-state index contributed by atoms with van der Waals surface area (Å²) in [6.45, 7) is 3.63. The lowest BCUT2D eigenvalue weighted by atomic mass is 10.0. The first-order valence-corrected chi connectivity index (χ1v) is 8.22. The Bertz CT molecular complexity index is 1190. The van der Waals surface area contributed by atoms with Gasteiger partial charge in [-0.1, -0.05) is 11.6 Å². The number of halogens is 1. The minimum atomic E-state index is -0.369. The standard InChI is InChI=1S/C18H14ClN5O2/c1-8-3-10(4-9(2)15(8)25)13-6-12(18(26)24-23-13)16-21-14-5-11(19)7-20-17(14)22-16/h3-7,25H,1-2H3,(H,24,26)(H,20,21,22). The molecule has 0 saturated carbocycles. The van der Waals surface area contributed by atoms with Crippen LogP contribution in [-0.2, 0) is 0 Å². The van der Waals surface area contributed by atoms with Crippen LogP contribution in [0.4, 0.5) is 0 Å². The number of aromatic nitrogens is 5. The zero-order valence-corrected chi connectivity index (χ0v) is 14.7. The van der Waals surface area contributed by atoms with Crippen molar-refractivity contribution in [2.45, 2.75) is 13.8 Å². The van der Waals surface area contributed by atoms with E-state index >= 15 is 0 Å². The molecule has 0 bridgehead atoms. The SMILES string of the molecule is Cc1cc(-c2cc(-c3nc4ncc(Cl)cc4[nH]3)c(=O)[nH]n2)cc(C)c1O. The molecule has 3 heterocycles. The Balaban J connectivity index is 1.87. The maximum atomic E-state index is 12.3. The number of phenolic OH excluding ortho intramolecular Hbond substituents is 1. The average molecular weight is 368 g/mol. The second kappa shape index (κ2) is 5.96. The number of aromatic hydroxyl groups is 1. The lowest BCUT2D eigenvalue weighted by Crippen LogP contribution is -2.12. The molecule has 130 valence electrons. The van der Waals surface area contributed by atoms with Gasteiger partial charge < -0.3 is 10.1 Å². The Hall–Kier alpha value is -3.19. The molecular formula is C18H14ClN5O2. The van der Waals surface area contributed by atoms with E-state index in [4.69, 9.17) is 11.6 Å². The molecule has 0 aliphatic heterocycles. The van der Waals surface area contributed by atoms with E-state index in [1.165, 1.54) is 6.20 Å². The fraction of sp³-hybridized carbons (Fsp3) is 0.111. The van der Waals surface area contributed by atoms with Gasteiger partial charge in [0.1, 0.15) is 11.6 Å². The molecule has 0 unspecified atom stereocenters. The number of nitrogens with zero attached hydrogens (tertiary/aromatic N) is 3. The van der Waals surface area contributed by atoms with Crippen molar-refractivity contribution in [3.8, 4) is 28.4 Å². The highest BCUT2D eigenvalue weighted by Gasteiger charge is 2.14. The quantitative estimate of drug-likeness (QED) is 0.503. The Morgan fingerprint density at radius 2 is 1.85 bits per heavy atom. The van der Waals surface area contributed by atoms with Crippen molar-refractivity contribution in [1.29, 1.82) is 0 Å². The number of aryl methyl sites for hydroxylation is 2. The Labute approximate surface area is 152 Å². The summed E-state index contributed by atoms with van der Waals surface area (Å²) in [5.41, 5.74) is 3.90. The number of phenols is 1. The van der Waals surface area contributed by atoms with E-state index in [0.717, 1.165) is 16.7 Å². The molecule has 0 saturated heterocycles. The number of imidazole rings is 1. The largest absolute Gasteiger partial charge is 0.507 e. The summed E-state index contributed by atoms with van der Waals surface area (Å²) in [7, 11) is 0. The van der Waals surface area contributed by atoms with Crippen LogP contribution in [0.2, 0.25) is 5.02 Å². The van der Waals surface area contributed by atoms with Gasteiger partial charge in [-0.3, -0.25) is 4.79 Å². The van der Waals surface area contributed by atoms with E-state index in [-0.39, 0.29) is 11.3 Å². The van der Waals surface area contributed by atoms with Gasteiger partial charge in [-0.2, -0.15) is 5.10 Å². The van der Waals surface area contributed by atoms with Gasteiger partial charge in [-0.15, -0.1) is 0 Å². The summed E-state index contributed by atoms with van der Waals surface area (Å²) < 4.78 is 0. The zero-order valence-electron chi connectivity index (χ0n) is 14.0. The summed E-state index contributed by atoms with van der Waals surface area (Å²) in [6, 6.07) is 6.98. The van der Waals surface area contributed by atoms with Crippen LogP contribution in [0.1, 0.15) is 11.1 Å². The highest BCUT2D eigenvalue weighted by molar-refractivity contribution is 6.31. The van der Waals surface area contributed by atoms with E-state index in [1.807, 2.05) is 26.0 Å². The predicted molar refractivity (Wildman–Crippen MR) is 99.3 cm³/mol. The molecule has 1 aromatic carbocycles. The Morgan fingerprint density at radius 3 is 2.58 bits per heavy atom. The number of hydrogen-bond donors (Lipinski definition) is 3. The van der Waals surface area contributed by atoms with Crippen LogP contribution in [0.5, 0.6) is 5.75 Å². The smallest absolute Gasteiger partial charge is 0.275 e. The van der Waals surface area contributed by atoms with Gasteiger partial charge >= 0.3 is 0 Å². The molecule has 3 N–H and O–H groups in total. The highest BCUT2D eigenvalue weighted by atomic mass is 35.5. The van der Waals surface area contributed by atoms with Crippen molar-refractivity contribution < 1.29 is 5.11 Å². The highest BCUT2D eigenvalue weighted by Crippen LogP contribution is 2.29. The minimum Gasteiger partial charge on any atom is -0.507 e. The average Bonchev–Trinajstić information content (AvgIpc) is 3.02. The normalized spacial score (nSPS) is 11.2. The monoisotopic (exact) mass is 367 g/mol. The van der Waals surface area contributed by atoms with Crippen LogP contribution in [0.25, 0.3) is 33.8 Å². The van der Waals surface area contributed by atoms with Gasteiger partial charge in [0.25, 0.3) is 5.56 Å². The van der Waals surface area contributed by atoms with Gasteiger partial charge in [0.2, 0.25) is 0 Å². The first kappa shape index (κ1) is 16.3. The third-order valence-corrected chi connectivity index (χ3v) is 4.36. The van der Waals surface area contributed by atoms with Crippen molar-refractivity contribution in [2.75, 3.05) is 0 Å². The first-order valence-electron chi connectivity index (χ1n) is 7.84. The maximum absolute atomic E-state index is 12.3. The number of aromatic amines is 2. The summed E-state index contributed by atoms with van der Waals surface area (Å²) in [5, 5.41) is 17.0. The molecule has 0 spiro atoms. The third-order valence-electron chi connectivity index (χ3n) is 4.15. The van der Waals surface area contributed by atoms with E-state index in [2.05, 4.69) is 25.1 Å². The van der Waals surface area contributed by atoms with Crippen LogP contribution in [0.15, 0.2) is 35.3 Å². The molecule has 0 fully saturated rings. The summed E-state index contributed by atoms with van der Waals surface area (Å²) in [4.78, 5) is 23.8. The number of hydrogen-bond acceptors (Lipinski definition) is 5. The molecule has 0 amide bonds. The molecule has 0 atom stereocenters. The number of pyridine rings is 1. The Morgan fingerprint density at radius 1 is 1.12 bits per heavy atom. The first-order chi connectivity index (χ1) is 12.4. The molecule has 4 rings (SSSR count).